The molecule has 1 aliphatic heterocycles. The topological polar surface area (TPSA) is 30.5 Å². The van der Waals surface area contributed by atoms with Crippen LogP contribution in [0.5, 0.6) is 5.75 Å². The minimum Gasteiger partial charge on any atom is -0.491 e. The lowest BCUT2D eigenvalue weighted by atomic mass is 10.1. The smallest absolute Gasteiger partial charge is 0.122 e. The Morgan fingerprint density at radius 2 is 2.20 bits per heavy atom. The predicted octanol–water partition coefficient (Wildman–Crippen LogP) is 3.61. The van der Waals surface area contributed by atoms with Crippen LogP contribution in [-0.2, 0) is 4.74 Å². The van der Waals surface area contributed by atoms with Crippen LogP contribution in [0.2, 0.25) is 0 Å². The molecule has 0 aliphatic carbocycles. The van der Waals surface area contributed by atoms with Gasteiger partial charge in [0, 0.05) is 6.04 Å². The van der Waals surface area contributed by atoms with Crippen LogP contribution in [0.15, 0.2) is 18.2 Å². The average molecular weight is 277 g/mol. The van der Waals surface area contributed by atoms with Gasteiger partial charge < -0.3 is 14.8 Å². The molecule has 0 saturated carbocycles. The highest BCUT2D eigenvalue weighted by Crippen LogP contribution is 2.30. The van der Waals surface area contributed by atoms with Gasteiger partial charge in [-0.1, -0.05) is 12.1 Å². The van der Waals surface area contributed by atoms with Crippen LogP contribution >= 0.6 is 0 Å². The first kappa shape index (κ1) is 15.3. The zero-order valence-corrected chi connectivity index (χ0v) is 13.3. The van der Waals surface area contributed by atoms with Gasteiger partial charge in [0.05, 0.1) is 11.7 Å². The van der Waals surface area contributed by atoms with Gasteiger partial charge in [-0.3, -0.25) is 0 Å². The summed E-state index contributed by atoms with van der Waals surface area (Å²) in [6.45, 7) is 9.19. The highest BCUT2D eigenvalue weighted by atomic mass is 16.6. The molecule has 0 amide bonds. The Morgan fingerprint density at radius 3 is 2.75 bits per heavy atom. The van der Waals surface area contributed by atoms with Crippen molar-refractivity contribution in [3.63, 3.8) is 0 Å². The maximum atomic E-state index is 5.95. The summed E-state index contributed by atoms with van der Waals surface area (Å²) in [5.41, 5.74) is 2.48. The van der Waals surface area contributed by atoms with Gasteiger partial charge in [-0.15, -0.1) is 0 Å². The van der Waals surface area contributed by atoms with Crippen LogP contribution < -0.4 is 10.1 Å². The van der Waals surface area contributed by atoms with Crippen LogP contribution in [0.1, 0.15) is 50.8 Å². The van der Waals surface area contributed by atoms with Crippen LogP contribution in [0.3, 0.4) is 0 Å². The second-order valence-electron chi connectivity index (χ2n) is 6.38. The number of aryl methyl sites for hydroxylation is 1. The van der Waals surface area contributed by atoms with Crippen molar-refractivity contribution in [2.45, 2.75) is 58.3 Å². The summed E-state index contributed by atoms with van der Waals surface area (Å²) in [4.78, 5) is 0. The third-order valence-corrected chi connectivity index (χ3v) is 4.11. The molecule has 2 rings (SSSR count). The molecule has 3 heteroatoms. The number of benzene rings is 1. The molecule has 1 heterocycles. The lowest BCUT2D eigenvalue weighted by molar-refractivity contribution is -0.0327. The zero-order chi connectivity index (χ0) is 14.8. The van der Waals surface area contributed by atoms with E-state index in [1.54, 1.807) is 0 Å². The average Bonchev–Trinajstić information content (AvgIpc) is 2.76. The van der Waals surface area contributed by atoms with Gasteiger partial charge in [0.1, 0.15) is 12.4 Å². The van der Waals surface area contributed by atoms with Gasteiger partial charge in [-0.2, -0.15) is 0 Å². The molecule has 0 radical (unpaired) electrons. The van der Waals surface area contributed by atoms with Crippen LogP contribution in [0.4, 0.5) is 0 Å². The highest BCUT2D eigenvalue weighted by molar-refractivity contribution is 5.37. The molecule has 0 bridgehead atoms. The molecule has 20 heavy (non-hydrogen) atoms. The molecule has 0 aromatic heterocycles. The molecule has 1 fully saturated rings. The second kappa shape index (κ2) is 6.15. The lowest BCUT2D eigenvalue weighted by Crippen LogP contribution is -2.24. The molecule has 1 saturated heterocycles. The Morgan fingerprint density at radius 1 is 1.45 bits per heavy atom. The van der Waals surface area contributed by atoms with E-state index in [2.05, 4.69) is 51.2 Å². The van der Waals surface area contributed by atoms with Crippen molar-refractivity contribution in [1.29, 1.82) is 0 Å². The largest absolute Gasteiger partial charge is 0.491 e. The molecule has 1 aromatic rings. The summed E-state index contributed by atoms with van der Waals surface area (Å²) >= 11 is 0. The number of rotatable bonds is 5. The van der Waals surface area contributed by atoms with E-state index in [0.29, 0.717) is 12.6 Å². The molecule has 112 valence electrons. The Bertz CT molecular complexity index is 456. The fourth-order valence-corrected chi connectivity index (χ4v) is 2.65. The van der Waals surface area contributed by atoms with Gasteiger partial charge in [-0.05, 0) is 64.8 Å². The molecular formula is C17H27NO2. The van der Waals surface area contributed by atoms with Gasteiger partial charge >= 0.3 is 0 Å². The van der Waals surface area contributed by atoms with E-state index in [4.69, 9.17) is 9.47 Å². The first-order chi connectivity index (χ1) is 9.41. The fourth-order valence-electron chi connectivity index (χ4n) is 2.65. The molecule has 2 unspecified atom stereocenters. The van der Waals surface area contributed by atoms with Crippen molar-refractivity contribution in [2.24, 2.45) is 0 Å². The predicted molar refractivity (Wildman–Crippen MR) is 82.3 cm³/mol. The lowest BCUT2D eigenvalue weighted by Gasteiger charge is -2.20. The maximum Gasteiger partial charge on any atom is 0.122 e. The number of hydrogen-bond donors (Lipinski definition) is 1. The summed E-state index contributed by atoms with van der Waals surface area (Å²) in [5.74, 6) is 0.963. The van der Waals surface area contributed by atoms with Gasteiger partial charge in [-0.25, -0.2) is 0 Å². The minimum absolute atomic E-state index is 0.00908. The molecule has 2 atom stereocenters. The zero-order valence-electron chi connectivity index (χ0n) is 13.3. The Kier molecular flexibility index (Phi) is 4.71. The van der Waals surface area contributed by atoms with Crippen molar-refractivity contribution in [3.05, 3.63) is 29.3 Å². The van der Waals surface area contributed by atoms with E-state index in [-0.39, 0.29) is 11.7 Å². The van der Waals surface area contributed by atoms with E-state index in [1.165, 1.54) is 11.1 Å². The quantitative estimate of drug-likeness (QED) is 0.892. The van der Waals surface area contributed by atoms with E-state index in [9.17, 15) is 0 Å². The first-order valence-corrected chi connectivity index (χ1v) is 7.50. The van der Waals surface area contributed by atoms with Crippen molar-refractivity contribution < 1.29 is 9.47 Å². The van der Waals surface area contributed by atoms with Crippen molar-refractivity contribution in [2.75, 3.05) is 13.7 Å². The minimum atomic E-state index is 0.00908. The van der Waals surface area contributed by atoms with Crippen molar-refractivity contribution in [3.8, 4) is 5.75 Å². The van der Waals surface area contributed by atoms with Crippen molar-refractivity contribution in [1.82, 2.24) is 5.32 Å². The molecular weight excluding hydrogens is 250 g/mol. The van der Waals surface area contributed by atoms with Gasteiger partial charge in [0.15, 0.2) is 0 Å². The van der Waals surface area contributed by atoms with E-state index in [1.807, 2.05) is 7.05 Å². The summed E-state index contributed by atoms with van der Waals surface area (Å²) < 4.78 is 11.9. The molecule has 0 spiro atoms. The molecule has 1 aromatic carbocycles. The van der Waals surface area contributed by atoms with E-state index < -0.39 is 0 Å². The summed E-state index contributed by atoms with van der Waals surface area (Å²) in [6.07, 6.45) is 2.42. The fraction of sp³-hybridized carbons (Fsp3) is 0.647. The standard InChI is InChI=1S/C17H27NO2/c1-12-10-14(13(2)18-5)6-7-16(12)19-11-15-8-9-17(3,4)20-15/h6-7,10,13,15,18H,8-9,11H2,1-5H3. The van der Waals surface area contributed by atoms with E-state index in [0.717, 1.165) is 18.6 Å². The van der Waals surface area contributed by atoms with Gasteiger partial charge in [0.25, 0.3) is 0 Å². The van der Waals surface area contributed by atoms with Gasteiger partial charge in [0.2, 0.25) is 0 Å². The highest BCUT2D eigenvalue weighted by Gasteiger charge is 2.31. The number of ether oxygens (including phenoxy) is 2. The Hall–Kier alpha value is -1.06. The van der Waals surface area contributed by atoms with Crippen LogP contribution in [0.25, 0.3) is 0 Å². The normalized spacial score (nSPS) is 22.8. The molecule has 3 nitrogen and oxygen atoms in total. The molecule has 1 aliphatic rings. The Labute approximate surface area is 122 Å². The molecule has 1 N–H and O–H groups in total. The maximum absolute atomic E-state index is 5.95. The Balaban J connectivity index is 1.94. The second-order valence-corrected chi connectivity index (χ2v) is 6.38. The van der Waals surface area contributed by atoms with E-state index >= 15 is 0 Å². The van der Waals surface area contributed by atoms with Crippen molar-refractivity contribution >= 4 is 0 Å². The monoisotopic (exact) mass is 277 g/mol. The van der Waals surface area contributed by atoms with Crippen LogP contribution in [0, 0.1) is 6.92 Å². The summed E-state index contributed by atoms with van der Waals surface area (Å²) in [5, 5.41) is 3.25. The van der Waals surface area contributed by atoms with Crippen LogP contribution in [-0.4, -0.2) is 25.4 Å². The SMILES string of the molecule is CNC(C)c1ccc(OCC2CCC(C)(C)O2)c(C)c1. The third kappa shape index (κ3) is 3.74. The first-order valence-electron chi connectivity index (χ1n) is 7.50. The number of nitrogens with one attached hydrogen (secondary N) is 1. The number of hydrogen-bond acceptors (Lipinski definition) is 3. The third-order valence-electron chi connectivity index (χ3n) is 4.11. The summed E-state index contributed by atoms with van der Waals surface area (Å²) in [6, 6.07) is 6.75. The summed E-state index contributed by atoms with van der Waals surface area (Å²) in [7, 11) is 1.98.